The smallest absolute Gasteiger partial charge is 0.251 e. The predicted octanol–water partition coefficient (Wildman–Crippen LogP) is 3.09. The lowest BCUT2D eigenvalue weighted by Crippen LogP contribution is -2.33. The zero-order valence-corrected chi connectivity index (χ0v) is 21.4. The van der Waals surface area contributed by atoms with E-state index in [1.807, 2.05) is 19.1 Å². The fraction of sp³-hybridized carbons (Fsp3) is 0.556. The van der Waals surface area contributed by atoms with E-state index in [1.165, 1.54) is 5.56 Å². The van der Waals surface area contributed by atoms with Gasteiger partial charge in [-0.25, -0.2) is 0 Å². The van der Waals surface area contributed by atoms with E-state index in [4.69, 9.17) is 10.1 Å². The molecule has 0 radical (unpaired) electrons. The first-order chi connectivity index (χ1) is 17.0. The monoisotopic (exact) mass is 496 g/mol. The Bertz CT molecular complexity index is 1080. The first kappa shape index (κ1) is 24.6. The number of carbonyl (C=O) groups is 1. The van der Waals surface area contributed by atoms with Crippen LogP contribution in [0.1, 0.15) is 71.5 Å². The summed E-state index contributed by atoms with van der Waals surface area (Å²) in [6.45, 7) is 6.76. The van der Waals surface area contributed by atoms with Gasteiger partial charge in [-0.3, -0.25) is 9.79 Å². The van der Waals surface area contributed by atoms with Crippen molar-refractivity contribution in [2.45, 2.75) is 56.6 Å². The van der Waals surface area contributed by atoms with Crippen molar-refractivity contribution in [3.05, 3.63) is 51.5 Å². The van der Waals surface area contributed by atoms with E-state index < -0.39 is 11.2 Å². The molecule has 0 bridgehead atoms. The molecular formula is C27H36N4O3S. The summed E-state index contributed by atoms with van der Waals surface area (Å²) in [5, 5.41) is 18.9. The summed E-state index contributed by atoms with van der Waals surface area (Å²) in [5.74, 6) is 1.74. The molecule has 4 aliphatic rings. The second-order valence-electron chi connectivity index (χ2n) is 10.2. The number of nitrogens with one attached hydrogen (secondary N) is 3. The van der Waals surface area contributed by atoms with Gasteiger partial charge in [-0.2, -0.15) is 0 Å². The number of aliphatic imine (C=N–C) groups is 1. The van der Waals surface area contributed by atoms with Crippen LogP contribution in [0.4, 0.5) is 5.69 Å². The summed E-state index contributed by atoms with van der Waals surface area (Å²) < 4.78 is 13.0. The van der Waals surface area contributed by atoms with Gasteiger partial charge < -0.3 is 25.6 Å². The van der Waals surface area contributed by atoms with Gasteiger partial charge in [-0.15, -0.1) is 0 Å². The van der Waals surface area contributed by atoms with Crippen LogP contribution in [0, 0.1) is 12.8 Å². The number of hydrogen-bond donors (Lipinski definition) is 4. The summed E-state index contributed by atoms with van der Waals surface area (Å²) in [5.41, 5.74) is 5.07. The van der Waals surface area contributed by atoms with E-state index in [9.17, 15) is 9.35 Å². The molecule has 5 rings (SSSR count). The number of amidine groups is 1. The van der Waals surface area contributed by atoms with Crippen LogP contribution in [0.15, 0.2) is 34.2 Å². The number of hydrogen-bond acceptors (Lipinski definition) is 6. The third kappa shape index (κ3) is 5.07. The van der Waals surface area contributed by atoms with Crippen LogP contribution in [-0.2, 0) is 11.2 Å². The third-order valence-corrected chi connectivity index (χ3v) is 9.35. The van der Waals surface area contributed by atoms with Crippen LogP contribution in [0.5, 0.6) is 0 Å². The minimum absolute atomic E-state index is 0.0768. The van der Waals surface area contributed by atoms with Gasteiger partial charge in [0.25, 0.3) is 5.91 Å². The summed E-state index contributed by atoms with van der Waals surface area (Å²) in [7, 11) is 0. The van der Waals surface area contributed by atoms with Crippen molar-refractivity contribution >= 4 is 28.6 Å². The SMILES string of the molecule is Cc1c(C(=O)NCCNCCO)cc(C2C=CC=C([S+]([O-])C3CC3)C2)c2c1NC1=NCC(C)CC12. The minimum atomic E-state index is -0.913. The number of fused-ring (bicyclic) bond motifs is 3. The van der Waals surface area contributed by atoms with Gasteiger partial charge in [0, 0.05) is 68.5 Å². The molecule has 0 aromatic heterocycles. The number of benzene rings is 1. The molecule has 8 heteroatoms. The normalized spacial score (nSPS) is 25.8. The first-order valence-corrected chi connectivity index (χ1v) is 14.1. The highest BCUT2D eigenvalue weighted by molar-refractivity contribution is 7.96. The lowest BCUT2D eigenvalue weighted by atomic mass is 9.79. The predicted molar refractivity (Wildman–Crippen MR) is 142 cm³/mol. The van der Waals surface area contributed by atoms with Crippen molar-refractivity contribution in [1.82, 2.24) is 10.6 Å². The number of nitrogens with zero attached hydrogens (tertiary/aromatic N) is 1. The molecule has 2 aliphatic carbocycles. The van der Waals surface area contributed by atoms with Crippen molar-refractivity contribution in [1.29, 1.82) is 0 Å². The van der Waals surface area contributed by atoms with E-state index in [2.05, 4.69) is 35.0 Å². The van der Waals surface area contributed by atoms with Gasteiger partial charge in [0.15, 0.2) is 0 Å². The quantitative estimate of drug-likeness (QED) is 0.310. The Balaban J connectivity index is 1.47. The van der Waals surface area contributed by atoms with E-state index >= 15 is 0 Å². The molecule has 1 aromatic rings. The number of allylic oxidation sites excluding steroid dienone is 4. The molecule has 188 valence electrons. The Hall–Kier alpha value is -2.13. The fourth-order valence-corrected chi connectivity index (χ4v) is 6.99. The number of rotatable bonds is 9. The average Bonchev–Trinajstić information content (AvgIpc) is 3.65. The average molecular weight is 497 g/mol. The number of aliphatic hydroxyl groups excluding tert-OH is 1. The van der Waals surface area contributed by atoms with Crippen LogP contribution in [0.3, 0.4) is 0 Å². The van der Waals surface area contributed by atoms with Gasteiger partial charge in [0.05, 0.1) is 6.61 Å². The van der Waals surface area contributed by atoms with Crippen molar-refractivity contribution < 1.29 is 14.5 Å². The molecule has 4 N–H and O–H groups in total. The van der Waals surface area contributed by atoms with E-state index in [-0.39, 0.29) is 24.3 Å². The Morgan fingerprint density at radius 3 is 2.91 bits per heavy atom. The summed E-state index contributed by atoms with van der Waals surface area (Å²) in [4.78, 5) is 19.1. The highest BCUT2D eigenvalue weighted by Crippen LogP contribution is 2.48. The Kier molecular flexibility index (Phi) is 7.34. The van der Waals surface area contributed by atoms with Gasteiger partial charge >= 0.3 is 0 Å². The maximum atomic E-state index is 13.2. The highest BCUT2D eigenvalue weighted by atomic mass is 32.2. The third-order valence-electron chi connectivity index (χ3n) is 7.45. The lowest BCUT2D eigenvalue weighted by Gasteiger charge is -2.27. The zero-order chi connectivity index (χ0) is 24.5. The topological polar surface area (TPSA) is 109 Å². The second-order valence-corrected chi connectivity index (χ2v) is 12.0. The maximum absolute atomic E-state index is 13.2. The molecule has 1 fully saturated rings. The standard InChI is InChI=1S/C27H36N4O3S/c1-16-12-23-24-22(18-4-3-5-20(13-18)35(34)19-6-7-19)14-21(27(33)29-9-8-28-10-11-32)17(2)25(24)31-26(23)30-15-16/h3-5,14,16,18-19,23,28,32H,6-13,15H2,1-2H3,(H,29,33)(H,30,31). The number of amides is 1. The summed E-state index contributed by atoms with van der Waals surface area (Å²) in [6.07, 6.45) is 10.2. The van der Waals surface area contributed by atoms with E-state index in [0.29, 0.717) is 36.4 Å². The molecule has 0 saturated heterocycles. The van der Waals surface area contributed by atoms with Gasteiger partial charge in [0.1, 0.15) is 16.0 Å². The van der Waals surface area contributed by atoms with E-state index in [0.717, 1.165) is 59.8 Å². The fourth-order valence-electron chi connectivity index (χ4n) is 5.44. The Labute approximate surface area is 210 Å². The molecule has 4 atom stereocenters. The van der Waals surface area contributed by atoms with Crippen molar-refractivity contribution in [2.75, 3.05) is 38.1 Å². The largest absolute Gasteiger partial charge is 0.611 e. The van der Waals surface area contributed by atoms with Crippen LogP contribution >= 0.6 is 0 Å². The summed E-state index contributed by atoms with van der Waals surface area (Å²) >= 11 is -0.913. The summed E-state index contributed by atoms with van der Waals surface area (Å²) in [6, 6.07) is 2.08. The van der Waals surface area contributed by atoms with Crippen LogP contribution in [0.2, 0.25) is 0 Å². The molecular weight excluding hydrogens is 460 g/mol. The molecule has 35 heavy (non-hydrogen) atoms. The van der Waals surface area contributed by atoms with Gasteiger partial charge in [0.2, 0.25) is 0 Å². The van der Waals surface area contributed by atoms with Crippen molar-refractivity contribution in [3.63, 3.8) is 0 Å². The minimum Gasteiger partial charge on any atom is -0.611 e. The zero-order valence-electron chi connectivity index (χ0n) is 20.6. The number of aliphatic hydroxyl groups is 1. The number of carbonyl (C=O) groups excluding carboxylic acids is 1. The Morgan fingerprint density at radius 1 is 1.31 bits per heavy atom. The van der Waals surface area contributed by atoms with Crippen LogP contribution in [-0.4, -0.2) is 59.4 Å². The number of anilines is 1. The Morgan fingerprint density at radius 2 is 2.14 bits per heavy atom. The molecule has 1 saturated carbocycles. The highest BCUT2D eigenvalue weighted by Gasteiger charge is 2.41. The van der Waals surface area contributed by atoms with Gasteiger partial charge in [-0.05, 0) is 59.3 Å². The van der Waals surface area contributed by atoms with Crippen molar-refractivity contribution in [2.24, 2.45) is 10.9 Å². The molecule has 2 aliphatic heterocycles. The molecule has 1 amide bonds. The van der Waals surface area contributed by atoms with Crippen LogP contribution < -0.4 is 16.0 Å². The van der Waals surface area contributed by atoms with Crippen molar-refractivity contribution in [3.8, 4) is 0 Å². The van der Waals surface area contributed by atoms with Gasteiger partial charge in [-0.1, -0.05) is 19.1 Å². The van der Waals surface area contributed by atoms with Crippen LogP contribution in [0.25, 0.3) is 0 Å². The molecule has 7 nitrogen and oxygen atoms in total. The molecule has 4 unspecified atom stereocenters. The molecule has 2 heterocycles. The lowest BCUT2D eigenvalue weighted by molar-refractivity contribution is 0.0953. The maximum Gasteiger partial charge on any atom is 0.251 e. The molecule has 1 aromatic carbocycles. The first-order valence-electron chi connectivity index (χ1n) is 12.8. The molecule has 0 spiro atoms. The van der Waals surface area contributed by atoms with E-state index in [1.54, 1.807) is 0 Å². The second kappa shape index (κ2) is 10.5.